The van der Waals surface area contributed by atoms with Gasteiger partial charge in [0.15, 0.2) is 0 Å². The molecule has 3 heteroatoms. The SMILES string of the molecule is CCN/N=C(/C)C=NC. The summed E-state index contributed by atoms with van der Waals surface area (Å²) >= 11 is 0. The highest BCUT2D eigenvalue weighted by Gasteiger charge is 1.78. The van der Waals surface area contributed by atoms with Gasteiger partial charge in [-0.1, -0.05) is 0 Å². The van der Waals surface area contributed by atoms with E-state index in [-0.39, 0.29) is 0 Å². The van der Waals surface area contributed by atoms with Gasteiger partial charge in [0.1, 0.15) is 0 Å². The molecular weight excluding hydrogens is 114 g/mol. The van der Waals surface area contributed by atoms with Gasteiger partial charge < -0.3 is 5.43 Å². The van der Waals surface area contributed by atoms with Crippen LogP contribution in [0.5, 0.6) is 0 Å². The molecule has 0 aliphatic carbocycles. The third kappa shape index (κ3) is 5.00. The van der Waals surface area contributed by atoms with E-state index in [4.69, 9.17) is 0 Å². The van der Waals surface area contributed by atoms with E-state index in [9.17, 15) is 0 Å². The maximum absolute atomic E-state index is 3.95. The Hall–Kier alpha value is -0.860. The normalized spacial score (nSPS) is 12.6. The van der Waals surface area contributed by atoms with Gasteiger partial charge in [-0.15, -0.1) is 0 Å². The fourth-order valence-corrected chi connectivity index (χ4v) is 0.419. The third-order valence-electron chi connectivity index (χ3n) is 0.729. The monoisotopic (exact) mass is 127 g/mol. The molecule has 52 valence electrons. The lowest BCUT2D eigenvalue weighted by molar-refractivity contribution is 0.785. The molecule has 0 bridgehead atoms. The number of hydrazone groups is 1. The molecular formula is C6H13N3. The highest BCUT2D eigenvalue weighted by molar-refractivity contribution is 6.29. The highest BCUT2D eigenvalue weighted by Crippen LogP contribution is 1.68. The lowest BCUT2D eigenvalue weighted by Gasteiger charge is -1.92. The summed E-state index contributed by atoms with van der Waals surface area (Å²) in [6, 6.07) is 0. The van der Waals surface area contributed by atoms with Gasteiger partial charge in [0.25, 0.3) is 0 Å². The third-order valence-corrected chi connectivity index (χ3v) is 0.729. The first-order valence-corrected chi connectivity index (χ1v) is 3.00. The largest absolute Gasteiger partial charge is 0.310 e. The number of hydrogen-bond acceptors (Lipinski definition) is 3. The van der Waals surface area contributed by atoms with Crippen LogP contribution in [-0.4, -0.2) is 25.5 Å². The van der Waals surface area contributed by atoms with E-state index >= 15 is 0 Å². The first-order valence-electron chi connectivity index (χ1n) is 3.00. The molecule has 1 N–H and O–H groups in total. The van der Waals surface area contributed by atoms with E-state index in [1.165, 1.54) is 0 Å². The minimum Gasteiger partial charge on any atom is -0.310 e. The molecule has 9 heavy (non-hydrogen) atoms. The van der Waals surface area contributed by atoms with Crippen molar-refractivity contribution in [3.05, 3.63) is 0 Å². The molecule has 3 nitrogen and oxygen atoms in total. The van der Waals surface area contributed by atoms with Crippen molar-refractivity contribution in [3.8, 4) is 0 Å². The summed E-state index contributed by atoms with van der Waals surface area (Å²) in [5.41, 5.74) is 3.73. The van der Waals surface area contributed by atoms with Crippen LogP contribution in [0.4, 0.5) is 0 Å². The predicted octanol–water partition coefficient (Wildman–Crippen LogP) is 0.672. The zero-order valence-electron chi connectivity index (χ0n) is 6.18. The van der Waals surface area contributed by atoms with Gasteiger partial charge >= 0.3 is 0 Å². The van der Waals surface area contributed by atoms with Crippen molar-refractivity contribution in [3.63, 3.8) is 0 Å². The minimum atomic E-state index is 0.856. The Bertz CT molecular complexity index is 115. The fraction of sp³-hybridized carbons (Fsp3) is 0.667. The Labute approximate surface area is 55.9 Å². The predicted molar refractivity (Wildman–Crippen MR) is 41.2 cm³/mol. The number of rotatable bonds is 3. The van der Waals surface area contributed by atoms with Crippen molar-refractivity contribution in [1.82, 2.24) is 5.43 Å². The van der Waals surface area contributed by atoms with Gasteiger partial charge in [-0.25, -0.2) is 0 Å². The molecule has 0 aromatic heterocycles. The summed E-state index contributed by atoms with van der Waals surface area (Å²) < 4.78 is 0. The second-order valence-corrected chi connectivity index (χ2v) is 1.65. The van der Waals surface area contributed by atoms with Crippen LogP contribution in [0, 0.1) is 0 Å². The van der Waals surface area contributed by atoms with Crippen molar-refractivity contribution < 1.29 is 0 Å². The van der Waals surface area contributed by atoms with Crippen LogP contribution < -0.4 is 5.43 Å². The molecule has 0 saturated heterocycles. The van der Waals surface area contributed by atoms with Gasteiger partial charge in [-0.05, 0) is 13.8 Å². The summed E-state index contributed by atoms with van der Waals surface area (Å²) in [6.45, 7) is 4.75. The molecule has 0 unspecified atom stereocenters. The van der Waals surface area contributed by atoms with Crippen LogP contribution in [-0.2, 0) is 0 Å². The van der Waals surface area contributed by atoms with Crippen molar-refractivity contribution in [2.45, 2.75) is 13.8 Å². The lowest BCUT2D eigenvalue weighted by atomic mass is 10.5. The first kappa shape index (κ1) is 8.14. The van der Waals surface area contributed by atoms with E-state index in [0.717, 1.165) is 12.3 Å². The standard InChI is InChI=1S/C6H13N3/c1-4-8-9-6(2)5-7-3/h5,8H,4H2,1-3H3/b7-5?,9-6-. The summed E-state index contributed by atoms with van der Waals surface area (Å²) in [4.78, 5) is 3.79. The van der Waals surface area contributed by atoms with Crippen LogP contribution in [0.1, 0.15) is 13.8 Å². The zero-order chi connectivity index (χ0) is 7.11. The van der Waals surface area contributed by atoms with Crippen molar-refractivity contribution >= 4 is 11.9 Å². The van der Waals surface area contributed by atoms with Gasteiger partial charge in [-0.3, -0.25) is 4.99 Å². The van der Waals surface area contributed by atoms with Crippen molar-refractivity contribution in [2.75, 3.05) is 13.6 Å². The molecule has 0 aromatic carbocycles. The molecule has 0 amide bonds. The van der Waals surface area contributed by atoms with Gasteiger partial charge in [-0.2, -0.15) is 5.10 Å². The van der Waals surface area contributed by atoms with Crippen LogP contribution in [0.2, 0.25) is 0 Å². The quantitative estimate of drug-likeness (QED) is 0.439. The molecule has 0 spiro atoms. The Morgan fingerprint density at radius 2 is 2.33 bits per heavy atom. The molecule has 0 aromatic rings. The molecule has 0 rings (SSSR count). The summed E-state index contributed by atoms with van der Waals surface area (Å²) in [5, 5.41) is 3.95. The molecule has 0 radical (unpaired) electrons. The van der Waals surface area contributed by atoms with E-state index < -0.39 is 0 Å². The average molecular weight is 127 g/mol. The van der Waals surface area contributed by atoms with Crippen molar-refractivity contribution in [2.24, 2.45) is 10.1 Å². The summed E-state index contributed by atoms with van der Waals surface area (Å²) in [7, 11) is 1.73. The average Bonchev–Trinajstić information content (AvgIpc) is 1.85. The Morgan fingerprint density at radius 1 is 1.67 bits per heavy atom. The van der Waals surface area contributed by atoms with E-state index in [2.05, 4.69) is 15.5 Å². The van der Waals surface area contributed by atoms with Gasteiger partial charge in [0, 0.05) is 19.8 Å². The second-order valence-electron chi connectivity index (χ2n) is 1.65. The molecule has 0 saturated carbocycles. The summed E-state index contributed by atoms with van der Waals surface area (Å²) in [5.74, 6) is 0. The molecule has 0 aliphatic rings. The van der Waals surface area contributed by atoms with Gasteiger partial charge in [0.2, 0.25) is 0 Å². The Morgan fingerprint density at radius 3 is 2.78 bits per heavy atom. The van der Waals surface area contributed by atoms with E-state index in [1.54, 1.807) is 13.3 Å². The topological polar surface area (TPSA) is 36.8 Å². The smallest absolute Gasteiger partial charge is 0.0749 e. The second kappa shape index (κ2) is 5.28. The zero-order valence-corrected chi connectivity index (χ0v) is 6.18. The Kier molecular flexibility index (Phi) is 4.78. The first-order chi connectivity index (χ1) is 4.31. The van der Waals surface area contributed by atoms with Crippen LogP contribution in [0.3, 0.4) is 0 Å². The lowest BCUT2D eigenvalue weighted by Crippen LogP contribution is -2.07. The molecule has 0 fully saturated rings. The molecule has 0 heterocycles. The van der Waals surface area contributed by atoms with Crippen molar-refractivity contribution in [1.29, 1.82) is 0 Å². The van der Waals surface area contributed by atoms with Crippen LogP contribution in [0.25, 0.3) is 0 Å². The molecule has 0 atom stereocenters. The fourth-order valence-electron chi connectivity index (χ4n) is 0.419. The van der Waals surface area contributed by atoms with Crippen LogP contribution >= 0.6 is 0 Å². The maximum Gasteiger partial charge on any atom is 0.0749 e. The maximum atomic E-state index is 3.95. The van der Waals surface area contributed by atoms with Crippen LogP contribution in [0.15, 0.2) is 10.1 Å². The summed E-state index contributed by atoms with van der Waals surface area (Å²) in [6.07, 6.45) is 1.71. The minimum absolute atomic E-state index is 0.856. The number of hydrogen-bond donors (Lipinski definition) is 1. The highest BCUT2D eigenvalue weighted by atomic mass is 15.3. The Balaban J connectivity index is 3.55. The van der Waals surface area contributed by atoms with E-state index in [1.807, 2.05) is 13.8 Å². The number of aliphatic imine (C=N–C) groups is 1. The van der Waals surface area contributed by atoms with Gasteiger partial charge in [0.05, 0.1) is 5.71 Å². The molecule has 0 aliphatic heterocycles. The van der Waals surface area contributed by atoms with E-state index in [0.29, 0.717) is 0 Å². The number of nitrogens with zero attached hydrogens (tertiary/aromatic N) is 2. The number of nitrogens with one attached hydrogen (secondary N) is 1.